The molecule has 1 aliphatic heterocycles. The van der Waals surface area contributed by atoms with E-state index >= 15 is 0 Å². The largest absolute Gasteiger partial charge is 0.618 e. The van der Waals surface area contributed by atoms with E-state index in [1.165, 1.54) is 29.3 Å². The quantitative estimate of drug-likeness (QED) is 0.203. The van der Waals surface area contributed by atoms with E-state index in [1.54, 1.807) is 24.3 Å². The second-order valence-electron chi connectivity index (χ2n) is 10.3. The van der Waals surface area contributed by atoms with Gasteiger partial charge in [0.15, 0.2) is 11.9 Å². The second-order valence-corrected chi connectivity index (χ2v) is 10.7. The maximum absolute atomic E-state index is 14.3. The molecule has 0 saturated carbocycles. The molecular formula is C31H26ClFN6O2. The van der Waals surface area contributed by atoms with Crippen LogP contribution in [0, 0.1) is 16.9 Å². The number of fused-ring (bicyclic) bond motifs is 4. The summed E-state index contributed by atoms with van der Waals surface area (Å²) in [7, 11) is 0. The standard InChI is InChI=1S/C31H26ClFN6O2/c1-19-4-2-7-25(20-5-3-6-21(14-20)26-16-24(33)10-11-28(26)35-31(19)40)30-12-8-22(17-39(30)41)27-15-23(32)9-13-29(27)38-18-34-36-37-38/h3,5-6,8-19,25H,2,4,7H2,1H3,(H,35,40)/t19-,25+/m1/s1. The van der Waals surface area contributed by atoms with Crippen LogP contribution in [-0.2, 0) is 4.79 Å². The number of aromatic nitrogens is 5. The molecule has 0 aliphatic carbocycles. The Morgan fingerprint density at radius 3 is 2.71 bits per heavy atom. The van der Waals surface area contributed by atoms with Crippen LogP contribution in [0.4, 0.5) is 10.1 Å². The molecule has 0 saturated heterocycles. The van der Waals surface area contributed by atoms with Crippen molar-refractivity contribution in [3.05, 3.63) is 113 Å². The van der Waals surface area contributed by atoms with Crippen LogP contribution in [0.3, 0.4) is 0 Å². The highest BCUT2D eigenvalue weighted by Crippen LogP contribution is 2.36. The van der Waals surface area contributed by atoms with Gasteiger partial charge in [0.25, 0.3) is 0 Å². The molecule has 41 heavy (non-hydrogen) atoms. The van der Waals surface area contributed by atoms with Crippen LogP contribution in [-0.4, -0.2) is 26.1 Å². The highest BCUT2D eigenvalue weighted by atomic mass is 35.5. The Morgan fingerprint density at radius 2 is 1.90 bits per heavy atom. The minimum Gasteiger partial charge on any atom is -0.618 e. The van der Waals surface area contributed by atoms with E-state index < -0.39 is 5.82 Å². The molecule has 1 N–H and O–H groups in total. The molecule has 2 bridgehead atoms. The van der Waals surface area contributed by atoms with E-state index in [-0.39, 0.29) is 17.7 Å². The van der Waals surface area contributed by atoms with Crippen LogP contribution >= 0.6 is 11.6 Å². The minimum atomic E-state index is -0.393. The number of hydrogen-bond acceptors (Lipinski definition) is 5. The second kappa shape index (κ2) is 11.1. The Bertz CT molecular complexity index is 1740. The lowest BCUT2D eigenvalue weighted by molar-refractivity contribution is -0.614. The summed E-state index contributed by atoms with van der Waals surface area (Å²) in [4.78, 5) is 12.9. The van der Waals surface area contributed by atoms with Gasteiger partial charge in [-0.1, -0.05) is 49.2 Å². The molecule has 3 aromatic carbocycles. The number of carbonyl (C=O) groups is 1. The molecule has 10 heteroatoms. The van der Waals surface area contributed by atoms with E-state index in [0.29, 0.717) is 51.6 Å². The third kappa shape index (κ3) is 5.40. The fourth-order valence-electron chi connectivity index (χ4n) is 5.42. The lowest BCUT2D eigenvalue weighted by Gasteiger charge is -2.22. The normalized spacial score (nSPS) is 17.2. The van der Waals surface area contributed by atoms with Crippen molar-refractivity contribution >= 4 is 23.2 Å². The van der Waals surface area contributed by atoms with Crippen molar-refractivity contribution in [3.8, 4) is 27.9 Å². The number of tetrazole rings is 1. The highest BCUT2D eigenvalue weighted by molar-refractivity contribution is 6.31. The number of pyridine rings is 1. The Hall–Kier alpha value is -4.63. The number of carbonyl (C=O) groups excluding carboxylic acids is 1. The van der Waals surface area contributed by atoms with Crippen molar-refractivity contribution in [2.75, 3.05) is 5.32 Å². The Kier molecular flexibility index (Phi) is 7.19. The van der Waals surface area contributed by atoms with Gasteiger partial charge in [0.2, 0.25) is 5.91 Å². The Labute approximate surface area is 241 Å². The average molecular weight is 569 g/mol. The van der Waals surface area contributed by atoms with Crippen molar-refractivity contribution in [1.29, 1.82) is 0 Å². The predicted octanol–water partition coefficient (Wildman–Crippen LogP) is 6.31. The summed E-state index contributed by atoms with van der Waals surface area (Å²) >= 11 is 6.32. The van der Waals surface area contributed by atoms with Gasteiger partial charge in [-0.05, 0) is 76.9 Å². The monoisotopic (exact) mass is 568 g/mol. The van der Waals surface area contributed by atoms with Gasteiger partial charge in [0.1, 0.15) is 12.1 Å². The number of anilines is 1. The molecule has 0 radical (unpaired) electrons. The van der Waals surface area contributed by atoms with Crippen molar-refractivity contribution < 1.29 is 13.9 Å². The van der Waals surface area contributed by atoms with Gasteiger partial charge < -0.3 is 10.5 Å². The molecular weight excluding hydrogens is 543 g/mol. The lowest BCUT2D eigenvalue weighted by Crippen LogP contribution is -2.34. The third-order valence-electron chi connectivity index (χ3n) is 7.58. The smallest absolute Gasteiger partial charge is 0.227 e. The topological polar surface area (TPSA) is 99.6 Å². The van der Waals surface area contributed by atoms with E-state index in [0.717, 1.165) is 22.3 Å². The summed E-state index contributed by atoms with van der Waals surface area (Å²) in [5, 5.41) is 28.6. The zero-order valence-corrected chi connectivity index (χ0v) is 22.9. The number of amides is 1. The average Bonchev–Trinajstić information content (AvgIpc) is 3.51. The molecule has 5 aromatic rings. The number of hydrogen-bond donors (Lipinski definition) is 1. The van der Waals surface area contributed by atoms with Gasteiger partial charge in [-0.15, -0.1) is 5.10 Å². The maximum Gasteiger partial charge on any atom is 0.227 e. The first-order chi connectivity index (χ1) is 19.9. The van der Waals surface area contributed by atoms with Gasteiger partial charge in [-0.3, -0.25) is 4.79 Å². The molecule has 0 spiro atoms. The molecule has 0 fully saturated rings. The van der Waals surface area contributed by atoms with Crippen LogP contribution in [0.2, 0.25) is 5.02 Å². The summed E-state index contributed by atoms with van der Waals surface area (Å²) in [5.41, 5.74) is 5.47. The molecule has 2 atom stereocenters. The van der Waals surface area contributed by atoms with Gasteiger partial charge in [0, 0.05) is 39.4 Å². The van der Waals surface area contributed by atoms with Crippen molar-refractivity contribution in [2.24, 2.45) is 5.92 Å². The SMILES string of the molecule is C[C@@H]1CCC[C@H](c2ccc(-c3cc(Cl)ccc3-n3cnnn3)c[n+]2[O-])c2cccc(c2)-c2cc(F)ccc2NC1=O. The fourth-order valence-corrected chi connectivity index (χ4v) is 5.59. The van der Waals surface area contributed by atoms with Crippen LogP contribution in [0.5, 0.6) is 0 Å². The summed E-state index contributed by atoms with van der Waals surface area (Å²) in [6.45, 7) is 1.88. The van der Waals surface area contributed by atoms with Crippen LogP contribution in [0.1, 0.15) is 43.4 Å². The van der Waals surface area contributed by atoms with E-state index in [9.17, 15) is 14.4 Å². The van der Waals surface area contributed by atoms with Crippen molar-refractivity contribution in [3.63, 3.8) is 0 Å². The zero-order chi connectivity index (χ0) is 28.5. The van der Waals surface area contributed by atoms with Gasteiger partial charge in [-0.2, -0.15) is 9.41 Å². The summed E-state index contributed by atoms with van der Waals surface area (Å²) in [5.74, 6) is -1.00. The number of benzene rings is 3. The molecule has 6 rings (SSSR count). The first-order valence-electron chi connectivity index (χ1n) is 13.3. The maximum atomic E-state index is 14.3. The Morgan fingerprint density at radius 1 is 1.02 bits per heavy atom. The van der Waals surface area contributed by atoms with Crippen LogP contribution in [0.15, 0.2) is 85.3 Å². The zero-order valence-electron chi connectivity index (χ0n) is 22.2. The number of halogens is 2. The molecule has 8 nitrogen and oxygen atoms in total. The highest BCUT2D eigenvalue weighted by Gasteiger charge is 2.26. The van der Waals surface area contributed by atoms with E-state index in [2.05, 4.69) is 20.8 Å². The van der Waals surface area contributed by atoms with Gasteiger partial charge in [-0.25, -0.2) is 4.39 Å². The molecule has 1 aliphatic rings. The lowest BCUT2D eigenvalue weighted by atomic mass is 9.86. The summed E-state index contributed by atoms with van der Waals surface area (Å²) in [6.07, 6.45) is 5.06. The van der Waals surface area contributed by atoms with Gasteiger partial charge >= 0.3 is 0 Å². The van der Waals surface area contributed by atoms with E-state index in [4.69, 9.17) is 11.6 Å². The first kappa shape index (κ1) is 26.6. The van der Waals surface area contributed by atoms with Crippen LogP contribution < -0.4 is 10.0 Å². The van der Waals surface area contributed by atoms with Crippen LogP contribution in [0.25, 0.3) is 27.9 Å². The summed E-state index contributed by atoms with van der Waals surface area (Å²) < 4.78 is 16.7. The third-order valence-corrected chi connectivity index (χ3v) is 7.82. The predicted molar refractivity (Wildman–Crippen MR) is 154 cm³/mol. The molecule has 0 unspecified atom stereocenters. The van der Waals surface area contributed by atoms with E-state index in [1.807, 2.05) is 43.3 Å². The summed E-state index contributed by atoms with van der Waals surface area (Å²) in [6, 6.07) is 21.1. The number of nitrogens with zero attached hydrogens (tertiary/aromatic N) is 5. The molecule has 3 heterocycles. The first-order valence-corrected chi connectivity index (χ1v) is 13.7. The van der Waals surface area contributed by atoms with Crippen molar-refractivity contribution in [1.82, 2.24) is 20.2 Å². The number of rotatable bonds is 3. The molecule has 2 aromatic heterocycles. The molecule has 1 amide bonds. The number of nitrogens with one attached hydrogen (secondary N) is 1. The molecule has 206 valence electrons. The Balaban J connectivity index is 1.44. The van der Waals surface area contributed by atoms with Crippen molar-refractivity contribution in [2.45, 2.75) is 32.1 Å². The fraction of sp³-hybridized carbons (Fsp3) is 0.194. The minimum absolute atomic E-state index is 0.116. The van der Waals surface area contributed by atoms with Gasteiger partial charge in [0.05, 0.1) is 11.6 Å².